The minimum absolute atomic E-state index is 0. The Morgan fingerprint density at radius 3 is 2.62 bits per heavy atom. The number of amides is 1. The Morgan fingerprint density at radius 1 is 1.33 bits per heavy atom. The van der Waals surface area contributed by atoms with E-state index in [4.69, 9.17) is 11.6 Å². The SMILES string of the molecule is CCNC(=NCCC(=O)Nc1ccc(C)cc1Cl)NC(C)CC.I. The molecule has 0 saturated carbocycles. The van der Waals surface area contributed by atoms with Crippen LogP contribution in [0.3, 0.4) is 0 Å². The normalized spacial score (nSPS) is 12.1. The summed E-state index contributed by atoms with van der Waals surface area (Å²) < 4.78 is 0. The third-order valence-electron chi connectivity index (χ3n) is 3.35. The third kappa shape index (κ3) is 8.73. The molecule has 1 unspecified atom stereocenters. The van der Waals surface area contributed by atoms with E-state index in [1.54, 1.807) is 0 Å². The van der Waals surface area contributed by atoms with E-state index in [-0.39, 0.29) is 29.9 Å². The Bertz CT molecular complexity index is 551. The number of guanidine groups is 1. The molecule has 24 heavy (non-hydrogen) atoms. The second kappa shape index (κ2) is 12.4. The molecule has 1 atom stereocenters. The molecule has 0 spiro atoms. The molecule has 0 aliphatic carbocycles. The summed E-state index contributed by atoms with van der Waals surface area (Å²) in [6.45, 7) is 9.38. The predicted octanol–water partition coefficient (Wildman–Crippen LogP) is 3.95. The summed E-state index contributed by atoms with van der Waals surface area (Å²) in [5.41, 5.74) is 1.69. The average molecular weight is 467 g/mol. The molecular formula is C17H28ClIN4O. The Balaban J connectivity index is 0.00000529. The highest BCUT2D eigenvalue weighted by Gasteiger charge is 2.07. The van der Waals surface area contributed by atoms with Gasteiger partial charge in [0.2, 0.25) is 5.91 Å². The van der Waals surface area contributed by atoms with Crippen molar-refractivity contribution in [2.75, 3.05) is 18.4 Å². The van der Waals surface area contributed by atoms with Gasteiger partial charge in [-0.2, -0.15) is 0 Å². The number of benzene rings is 1. The van der Waals surface area contributed by atoms with Gasteiger partial charge in [-0.1, -0.05) is 24.6 Å². The van der Waals surface area contributed by atoms with Gasteiger partial charge in [-0.15, -0.1) is 24.0 Å². The Labute approximate surface area is 167 Å². The first-order valence-electron chi connectivity index (χ1n) is 8.07. The zero-order chi connectivity index (χ0) is 17.2. The van der Waals surface area contributed by atoms with E-state index in [9.17, 15) is 4.79 Å². The van der Waals surface area contributed by atoms with Crippen LogP contribution in [0.5, 0.6) is 0 Å². The number of carbonyl (C=O) groups excluding carboxylic acids is 1. The molecule has 7 heteroatoms. The fourth-order valence-electron chi connectivity index (χ4n) is 1.86. The molecule has 0 aromatic heterocycles. The van der Waals surface area contributed by atoms with Gasteiger partial charge < -0.3 is 16.0 Å². The van der Waals surface area contributed by atoms with Gasteiger partial charge in [0, 0.05) is 19.0 Å². The lowest BCUT2D eigenvalue weighted by atomic mass is 10.2. The minimum atomic E-state index is -0.0982. The number of nitrogens with one attached hydrogen (secondary N) is 3. The second-order valence-corrected chi connectivity index (χ2v) is 5.90. The van der Waals surface area contributed by atoms with Gasteiger partial charge in [-0.05, 0) is 44.9 Å². The van der Waals surface area contributed by atoms with Crippen LogP contribution in [0.4, 0.5) is 5.69 Å². The molecule has 0 aliphatic rings. The molecule has 1 amide bonds. The molecule has 136 valence electrons. The lowest BCUT2D eigenvalue weighted by Crippen LogP contribution is -2.42. The van der Waals surface area contributed by atoms with E-state index in [0.717, 1.165) is 24.5 Å². The van der Waals surface area contributed by atoms with Crippen molar-refractivity contribution in [1.29, 1.82) is 0 Å². The van der Waals surface area contributed by atoms with Gasteiger partial charge in [-0.25, -0.2) is 0 Å². The van der Waals surface area contributed by atoms with Crippen molar-refractivity contribution in [2.24, 2.45) is 4.99 Å². The lowest BCUT2D eigenvalue weighted by molar-refractivity contribution is -0.116. The fourth-order valence-corrected chi connectivity index (χ4v) is 2.14. The third-order valence-corrected chi connectivity index (χ3v) is 3.66. The maximum Gasteiger partial charge on any atom is 0.226 e. The molecule has 3 N–H and O–H groups in total. The van der Waals surface area contributed by atoms with Gasteiger partial charge in [-0.3, -0.25) is 9.79 Å². The largest absolute Gasteiger partial charge is 0.357 e. The van der Waals surface area contributed by atoms with Gasteiger partial charge in [0.25, 0.3) is 0 Å². The Morgan fingerprint density at radius 2 is 2.04 bits per heavy atom. The predicted molar refractivity (Wildman–Crippen MR) is 114 cm³/mol. The van der Waals surface area contributed by atoms with E-state index in [2.05, 4.69) is 34.8 Å². The van der Waals surface area contributed by atoms with Gasteiger partial charge in [0.05, 0.1) is 17.3 Å². The van der Waals surface area contributed by atoms with E-state index in [1.165, 1.54) is 0 Å². The van der Waals surface area contributed by atoms with Crippen molar-refractivity contribution in [1.82, 2.24) is 10.6 Å². The quantitative estimate of drug-likeness (QED) is 0.324. The summed E-state index contributed by atoms with van der Waals surface area (Å²) in [7, 11) is 0. The maximum absolute atomic E-state index is 12.0. The van der Waals surface area contributed by atoms with Gasteiger partial charge in [0.1, 0.15) is 0 Å². The van der Waals surface area contributed by atoms with Crippen LogP contribution in [0.2, 0.25) is 5.02 Å². The van der Waals surface area contributed by atoms with Crippen LogP contribution >= 0.6 is 35.6 Å². The highest BCUT2D eigenvalue weighted by atomic mass is 127. The van der Waals surface area contributed by atoms with Crippen LogP contribution in [-0.2, 0) is 4.79 Å². The number of hydrogen-bond acceptors (Lipinski definition) is 2. The van der Waals surface area contributed by atoms with E-state index in [1.807, 2.05) is 32.0 Å². The fraction of sp³-hybridized carbons (Fsp3) is 0.529. The lowest BCUT2D eigenvalue weighted by Gasteiger charge is -2.16. The molecule has 1 aromatic carbocycles. The van der Waals surface area contributed by atoms with E-state index >= 15 is 0 Å². The molecule has 1 rings (SSSR count). The molecule has 0 fully saturated rings. The summed E-state index contributed by atoms with van der Waals surface area (Å²) in [4.78, 5) is 16.4. The number of hydrogen-bond donors (Lipinski definition) is 3. The Kier molecular flexibility index (Phi) is 11.8. The zero-order valence-electron chi connectivity index (χ0n) is 14.8. The summed E-state index contributed by atoms with van der Waals surface area (Å²) in [6, 6.07) is 5.90. The number of rotatable bonds is 7. The van der Waals surface area contributed by atoms with Crippen molar-refractivity contribution in [2.45, 2.75) is 46.6 Å². The van der Waals surface area contributed by atoms with Crippen LogP contribution in [0, 0.1) is 6.92 Å². The highest BCUT2D eigenvalue weighted by molar-refractivity contribution is 14.0. The van der Waals surface area contributed by atoms with Crippen LogP contribution in [-0.4, -0.2) is 31.0 Å². The first-order chi connectivity index (χ1) is 11.0. The standard InChI is InChI=1S/C17H27ClN4O.HI/c1-5-13(4)21-17(19-6-2)20-10-9-16(23)22-15-8-7-12(3)11-14(15)18;/h7-8,11,13H,5-6,9-10H2,1-4H3,(H,22,23)(H2,19,20,21);1H. The number of carbonyl (C=O) groups is 1. The van der Waals surface area contributed by atoms with Crippen molar-refractivity contribution in [3.63, 3.8) is 0 Å². The monoisotopic (exact) mass is 466 g/mol. The molecule has 0 aliphatic heterocycles. The zero-order valence-corrected chi connectivity index (χ0v) is 17.9. The summed E-state index contributed by atoms with van der Waals surface area (Å²) in [6.07, 6.45) is 1.32. The van der Waals surface area contributed by atoms with E-state index in [0.29, 0.717) is 29.7 Å². The number of nitrogens with zero attached hydrogens (tertiary/aromatic N) is 1. The van der Waals surface area contributed by atoms with Crippen molar-refractivity contribution < 1.29 is 4.79 Å². The maximum atomic E-state index is 12.0. The van der Waals surface area contributed by atoms with Crippen LogP contribution < -0.4 is 16.0 Å². The average Bonchev–Trinajstić information content (AvgIpc) is 2.50. The number of anilines is 1. The van der Waals surface area contributed by atoms with E-state index < -0.39 is 0 Å². The van der Waals surface area contributed by atoms with Gasteiger partial charge >= 0.3 is 0 Å². The molecule has 0 heterocycles. The first kappa shape index (κ1) is 23.0. The molecule has 0 saturated heterocycles. The highest BCUT2D eigenvalue weighted by Crippen LogP contribution is 2.22. The molecule has 5 nitrogen and oxygen atoms in total. The first-order valence-corrected chi connectivity index (χ1v) is 8.44. The second-order valence-electron chi connectivity index (χ2n) is 5.50. The molecular weight excluding hydrogens is 439 g/mol. The summed E-state index contributed by atoms with van der Waals surface area (Å²) in [5, 5.41) is 9.83. The molecule has 0 bridgehead atoms. The van der Waals surface area contributed by atoms with Crippen molar-refractivity contribution in [3.05, 3.63) is 28.8 Å². The van der Waals surface area contributed by atoms with Crippen LogP contribution in [0.15, 0.2) is 23.2 Å². The summed E-state index contributed by atoms with van der Waals surface area (Å²) in [5.74, 6) is 0.641. The topological polar surface area (TPSA) is 65.5 Å². The van der Waals surface area contributed by atoms with Crippen molar-refractivity contribution >= 4 is 53.1 Å². The number of aryl methyl sites for hydroxylation is 1. The van der Waals surface area contributed by atoms with Crippen LogP contribution in [0.25, 0.3) is 0 Å². The number of aliphatic imine (C=N–C) groups is 1. The molecule has 1 aromatic rings. The number of halogens is 2. The van der Waals surface area contributed by atoms with Gasteiger partial charge in [0.15, 0.2) is 5.96 Å². The van der Waals surface area contributed by atoms with Crippen molar-refractivity contribution in [3.8, 4) is 0 Å². The smallest absolute Gasteiger partial charge is 0.226 e. The summed E-state index contributed by atoms with van der Waals surface area (Å²) >= 11 is 6.11. The molecule has 0 radical (unpaired) electrons. The minimum Gasteiger partial charge on any atom is -0.357 e. The Hall–Kier alpha value is -1.02. The van der Waals surface area contributed by atoms with Crippen LogP contribution in [0.1, 0.15) is 39.2 Å².